The van der Waals surface area contributed by atoms with Crippen molar-refractivity contribution in [3.63, 3.8) is 0 Å². The van der Waals surface area contributed by atoms with Gasteiger partial charge in [-0.05, 0) is 31.2 Å². The number of carboxylic acid groups (broad SMARTS) is 1. The number of aliphatic carboxylic acids is 1. The van der Waals surface area contributed by atoms with Crippen molar-refractivity contribution in [1.82, 2.24) is 9.80 Å². The van der Waals surface area contributed by atoms with Gasteiger partial charge in [0.25, 0.3) is 0 Å². The number of hydrogen-bond donors (Lipinski definition) is 1. The Morgan fingerprint density at radius 3 is 2.72 bits per heavy atom. The van der Waals surface area contributed by atoms with Crippen molar-refractivity contribution in [3.05, 3.63) is 35.6 Å². The Hall–Kier alpha value is -1.95. The summed E-state index contributed by atoms with van der Waals surface area (Å²) < 4.78 is 13.8. The predicted octanol–water partition coefficient (Wildman–Crippen LogP) is 2.50. The Kier molecular flexibility index (Phi) is 5.37. The zero-order valence-corrected chi connectivity index (χ0v) is 14.5. The smallest absolute Gasteiger partial charge is 0.320 e. The second kappa shape index (κ2) is 7.52. The molecule has 1 aliphatic heterocycles. The predicted molar refractivity (Wildman–Crippen MR) is 91.4 cm³/mol. The number of nitrogens with zero attached hydrogens (tertiary/aromatic N) is 2. The van der Waals surface area contributed by atoms with Crippen LogP contribution in [0.3, 0.4) is 0 Å². The Morgan fingerprint density at radius 1 is 1.28 bits per heavy atom. The highest BCUT2D eigenvalue weighted by molar-refractivity contribution is 5.80. The summed E-state index contributed by atoms with van der Waals surface area (Å²) in [6.45, 7) is 0.272. The van der Waals surface area contributed by atoms with Crippen LogP contribution in [0.25, 0.3) is 0 Å². The molecule has 1 aromatic carbocycles. The van der Waals surface area contributed by atoms with Crippen molar-refractivity contribution in [3.8, 4) is 0 Å². The van der Waals surface area contributed by atoms with Gasteiger partial charge in [-0.2, -0.15) is 0 Å². The molecule has 3 atom stereocenters. The minimum absolute atomic E-state index is 0.0864. The van der Waals surface area contributed by atoms with Gasteiger partial charge in [-0.1, -0.05) is 31.0 Å². The number of benzene rings is 1. The van der Waals surface area contributed by atoms with Gasteiger partial charge in [-0.15, -0.1) is 0 Å². The number of amides is 1. The maximum absolute atomic E-state index is 13.8. The summed E-state index contributed by atoms with van der Waals surface area (Å²) in [5.41, 5.74) is 0.463. The molecule has 2 fully saturated rings. The summed E-state index contributed by atoms with van der Waals surface area (Å²) in [6, 6.07) is 5.99. The van der Waals surface area contributed by atoms with E-state index in [1.807, 2.05) is 4.90 Å². The lowest BCUT2D eigenvalue weighted by atomic mass is 9.85. The molecule has 25 heavy (non-hydrogen) atoms. The average Bonchev–Trinajstić information content (AvgIpc) is 2.96. The van der Waals surface area contributed by atoms with E-state index in [0.717, 1.165) is 25.7 Å². The van der Waals surface area contributed by atoms with E-state index in [9.17, 15) is 19.1 Å². The van der Waals surface area contributed by atoms with Crippen molar-refractivity contribution < 1.29 is 19.1 Å². The summed E-state index contributed by atoms with van der Waals surface area (Å²) in [7, 11) is 1.64. The number of fused-ring (bicyclic) bond motifs is 1. The highest BCUT2D eigenvalue weighted by Gasteiger charge is 2.45. The molecule has 1 heterocycles. The standard InChI is InChI=1S/C19H25FN2O3/c1-21(11-14-7-2-4-8-15(14)20)18(23)12-22-16-9-5-3-6-13(16)10-17(22)19(24)25/h2,4,7-8,13,16-17H,3,5-6,9-12H2,1H3,(H,24,25)/t13-,16+,17+/m1/s1. The van der Waals surface area contributed by atoms with Crippen LogP contribution in [0.2, 0.25) is 0 Å². The molecule has 1 aromatic rings. The fraction of sp³-hybridized carbons (Fsp3) is 0.579. The molecule has 1 saturated carbocycles. The Balaban J connectivity index is 1.67. The highest BCUT2D eigenvalue weighted by Crippen LogP contribution is 2.39. The molecular formula is C19H25FN2O3. The van der Waals surface area contributed by atoms with Crippen molar-refractivity contribution >= 4 is 11.9 Å². The third-order valence-corrected chi connectivity index (χ3v) is 5.62. The van der Waals surface area contributed by atoms with Crippen molar-refractivity contribution in [2.24, 2.45) is 5.92 Å². The molecule has 2 aliphatic rings. The van der Waals surface area contributed by atoms with E-state index in [-0.39, 0.29) is 30.9 Å². The van der Waals surface area contributed by atoms with E-state index >= 15 is 0 Å². The van der Waals surface area contributed by atoms with Gasteiger partial charge >= 0.3 is 5.97 Å². The van der Waals surface area contributed by atoms with Crippen LogP contribution in [0.4, 0.5) is 4.39 Å². The first-order valence-electron chi connectivity index (χ1n) is 8.93. The normalized spacial score (nSPS) is 26.2. The molecule has 0 aromatic heterocycles. The summed E-state index contributed by atoms with van der Waals surface area (Å²) in [6.07, 6.45) is 4.86. The molecular weight excluding hydrogens is 323 g/mol. The van der Waals surface area contributed by atoms with Crippen LogP contribution in [0.1, 0.15) is 37.7 Å². The molecule has 0 unspecified atom stereocenters. The number of carbonyl (C=O) groups excluding carboxylic acids is 1. The molecule has 1 saturated heterocycles. The second-order valence-electron chi connectivity index (χ2n) is 7.22. The Morgan fingerprint density at radius 2 is 2.00 bits per heavy atom. The van der Waals surface area contributed by atoms with Crippen LogP contribution < -0.4 is 0 Å². The molecule has 3 rings (SSSR count). The topological polar surface area (TPSA) is 60.9 Å². The lowest BCUT2D eigenvalue weighted by Crippen LogP contribution is -2.47. The number of hydrogen-bond acceptors (Lipinski definition) is 3. The van der Waals surface area contributed by atoms with Crippen LogP contribution in [0.5, 0.6) is 0 Å². The van der Waals surface area contributed by atoms with Crippen LogP contribution in [-0.4, -0.2) is 52.5 Å². The lowest BCUT2D eigenvalue weighted by molar-refractivity contribution is -0.144. The van der Waals surface area contributed by atoms with E-state index in [2.05, 4.69) is 0 Å². The molecule has 1 amide bonds. The van der Waals surface area contributed by atoms with Crippen molar-refractivity contribution in [2.45, 2.75) is 50.7 Å². The summed E-state index contributed by atoms with van der Waals surface area (Å²) in [5, 5.41) is 9.54. The summed E-state index contributed by atoms with van der Waals surface area (Å²) >= 11 is 0. The minimum Gasteiger partial charge on any atom is -0.480 e. The lowest BCUT2D eigenvalue weighted by Gasteiger charge is -2.33. The van der Waals surface area contributed by atoms with Gasteiger partial charge in [0.1, 0.15) is 11.9 Å². The molecule has 1 N–H and O–H groups in total. The van der Waals surface area contributed by atoms with Crippen LogP contribution >= 0.6 is 0 Å². The quantitative estimate of drug-likeness (QED) is 0.888. The number of halogens is 1. The van der Waals surface area contributed by atoms with E-state index in [1.165, 1.54) is 11.0 Å². The van der Waals surface area contributed by atoms with Crippen molar-refractivity contribution in [1.29, 1.82) is 0 Å². The fourth-order valence-electron chi connectivity index (χ4n) is 4.27. The SMILES string of the molecule is CN(Cc1ccccc1F)C(=O)CN1[C@H](C(=O)O)C[C@H]2CCCC[C@@H]21. The molecule has 136 valence electrons. The van der Waals surface area contributed by atoms with E-state index in [4.69, 9.17) is 0 Å². The zero-order valence-electron chi connectivity index (χ0n) is 14.5. The van der Waals surface area contributed by atoms with Crippen LogP contribution in [0, 0.1) is 11.7 Å². The molecule has 0 radical (unpaired) electrons. The molecule has 0 bridgehead atoms. The Bertz CT molecular complexity index is 651. The van der Waals surface area contributed by atoms with Gasteiger partial charge in [0, 0.05) is 25.2 Å². The van der Waals surface area contributed by atoms with E-state index in [1.54, 1.807) is 25.2 Å². The Labute approximate surface area is 147 Å². The minimum atomic E-state index is -0.848. The number of rotatable bonds is 5. The van der Waals surface area contributed by atoms with Gasteiger partial charge < -0.3 is 10.0 Å². The highest BCUT2D eigenvalue weighted by atomic mass is 19.1. The molecule has 1 aliphatic carbocycles. The van der Waals surface area contributed by atoms with Gasteiger partial charge in [-0.3, -0.25) is 14.5 Å². The van der Waals surface area contributed by atoms with Gasteiger partial charge in [0.05, 0.1) is 6.54 Å². The first-order chi connectivity index (χ1) is 12.0. The third kappa shape index (κ3) is 3.84. The van der Waals surface area contributed by atoms with E-state index in [0.29, 0.717) is 17.9 Å². The maximum Gasteiger partial charge on any atom is 0.320 e. The number of carbonyl (C=O) groups is 2. The largest absolute Gasteiger partial charge is 0.480 e. The number of likely N-dealkylation sites (tertiary alicyclic amines) is 1. The van der Waals surface area contributed by atoms with Crippen molar-refractivity contribution in [2.75, 3.05) is 13.6 Å². The summed E-state index contributed by atoms with van der Waals surface area (Å²) in [4.78, 5) is 27.6. The zero-order chi connectivity index (χ0) is 18.0. The van der Waals surface area contributed by atoms with Gasteiger partial charge in [-0.25, -0.2) is 4.39 Å². The fourth-order valence-corrected chi connectivity index (χ4v) is 4.27. The first-order valence-corrected chi connectivity index (χ1v) is 8.93. The van der Waals surface area contributed by atoms with Crippen LogP contribution in [-0.2, 0) is 16.1 Å². The van der Waals surface area contributed by atoms with Crippen LogP contribution in [0.15, 0.2) is 24.3 Å². The van der Waals surface area contributed by atoms with Gasteiger partial charge in [0.2, 0.25) is 5.91 Å². The number of likely N-dealkylation sites (N-methyl/N-ethyl adjacent to an activating group) is 1. The molecule has 6 heteroatoms. The molecule has 0 spiro atoms. The third-order valence-electron chi connectivity index (χ3n) is 5.62. The van der Waals surface area contributed by atoms with E-state index < -0.39 is 12.0 Å². The van der Waals surface area contributed by atoms with Gasteiger partial charge in [0.15, 0.2) is 0 Å². The number of carboxylic acids is 1. The maximum atomic E-state index is 13.8. The monoisotopic (exact) mass is 348 g/mol. The second-order valence-corrected chi connectivity index (χ2v) is 7.22. The first kappa shape index (κ1) is 17.9. The average molecular weight is 348 g/mol. The summed E-state index contributed by atoms with van der Waals surface area (Å²) in [5.74, 6) is -0.974. The molecule has 5 nitrogen and oxygen atoms in total.